The zero-order valence-electron chi connectivity index (χ0n) is 13.7. The van der Waals surface area contributed by atoms with Gasteiger partial charge >= 0.3 is 0 Å². The van der Waals surface area contributed by atoms with E-state index in [0.29, 0.717) is 6.42 Å². The Morgan fingerprint density at radius 1 is 1.35 bits per heavy atom. The van der Waals surface area contributed by atoms with Crippen molar-refractivity contribution in [1.29, 1.82) is 0 Å². The predicted octanol–water partition coefficient (Wildman–Crippen LogP) is 2.19. The van der Waals surface area contributed by atoms with E-state index in [9.17, 15) is 4.79 Å². The zero-order chi connectivity index (χ0) is 16.4. The van der Waals surface area contributed by atoms with E-state index in [1.165, 1.54) is 0 Å². The normalized spacial score (nSPS) is 12.5. The lowest BCUT2D eigenvalue weighted by Crippen LogP contribution is -2.31. The van der Waals surface area contributed by atoms with Gasteiger partial charge in [0.15, 0.2) is 0 Å². The van der Waals surface area contributed by atoms with Gasteiger partial charge in [0.2, 0.25) is 5.91 Å². The summed E-state index contributed by atoms with van der Waals surface area (Å²) < 4.78 is 3.77. The molecule has 23 heavy (non-hydrogen) atoms. The fraction of sp³-hybridized carbons (Fsp3) is 0.353. The molecule has 0 saturated heterocycles. The van der Waals surface area contributed by atoms with Crippen molar-refractivity contribution >= 4 is 11.6 Å². The van der Waals surface area contributed by atoms with Gasteiger partial charge in [-0.1, -0.05) is 13.0 Å². The molecule has 0 bridgehead atoms. The van der Waals surface area contributed by atoms with Crippen molar-refractivity contribution in [3.8, 4) is 0 Å². The first-order chi connectivity index (χ1) is 11.1. The van der Waals surface area contributed by atoms with Crippen molar-refractivity contribution in [1.82, 2.24) is 24.5 Å². The van der Waals surface area contributed by atoms with Crippen molar-refractivity contribution < 1.29 is 4.79 Å². The standard InChI is InChI=1S/C17H21N5O/c1-4-13(14-8-9-18-21(14)3)20-17(23)11-15-12(2)19-16-7-5-6-10-22(15)16/h5-10,13H,4,11H2,1-3H3,(H,20,23). The molecule has 6 nitrogen and oxygen atoms in total. The Morgan fingerprint density at radius 2 is 2.17 bits per heavy atom. The van der Waals surface area contributed by atoms with E-state index in [0.717, 1.165) is 29.1 Å². The minimum Gasteiger partial charge on any atom is -0.347 e. The number of aryl methyl sites for hydroxylation is 2. The van der Waals surface area contributed by atoms with E-state index in [-0.39, 0.29) is 11.9 Å². The zero-order valence-corrected chi connectivity index (χ0v) is 13.7. The molecule has 1 unspecified atom stereocenters. The number of rotatable bonds is 5. The van der Waals surface area contributed by atoms with Crippen LogP contribution in [0, 0.1) is 6.92 Å². The first kappa shape index (κ1) is 15.3. The Hall–Kier alpha value is -2.63. The molecular formula is C17H21N5O. The first-order valence-corrected chi connectivity index (χ1v) is 7.80. The van der Waals surface area contributed by atoms with Gasteiger partial charge in [0.05, 0.1) is 29.5 Å². The summed E-state index contributed by atoms with van der Waals surface area (Å²) in [6.45, 7) is 3.99. The van der Waals surface area contributed by atoms with Crippen LogP contribution in [0.1, 0.15) is 36.5 Å². The maximum Gasteiger partial charge on any atom is 0.226 e. The summed E-state index contributed by atoms with van der Waals surface area (Å²) >= 11 is 0. The van der Waals surface area contributed by atoms with Gasteiger partial charge in [-0.25, -0.2) is 4.98 Å². The van der Waals surface area contributed by atoms with Crippen molar-refractivity contribution in [3.05, 3.63) is 53.7 Å². The molecule has 0 saturated carbocycles. The highest BCUT2D eigenvalue weighted by Gasteiger charge is 2.18. The van der Waals surface area contributed by atoms with Gasteiger partial charge in [-0.2, -0.15) is 5.10 Å². The lowest BCUT2D eigenvalue weighted by Gasteiger charge is -2.17. The van der Waals surface area contributed by atoms with Crippen molar-refractivity contribution in [2.24, 2.45) is 7.05 Å². The lowest BCUT2D eigenvalue weighted by atomic mass is 10.1. The molecule has 0 spiro atoms. The monoisotopic (exact) mass is 311 g/mol. The van der Waals surface area contributed by atoms with Gasteiger partial charge in [-0.15, -0.1) is 0 Å². The summed E-state index contributed by atoms with van der Waals surface area (Å²) in [6, 6.07) is 7.74. The number of carbonyl (C=O) groups excluding carboxylic acids is 1. The molecule has 0 aliphatic carbocycles. The third-order valence-electron chi connectivity index (χ3n) is 4.12. The van der Waals surface area contributed by atoms with Gasteiger partial charge < -0.3 is 9.72 Å². The smallest absolute Gasteiger partial charge is 0.226 e. The van der Waals surface area contributed by atoms with Crippen molar-refractivity contribution in [2.75, 3.05) is 0 Å². The van der Waals surface area contributed by atoms with Crippen LogP contribution >= 0.6 is 0 Å². The number of hydrogen-bond donors (Lipinski definition) is 1. The lowest BCUT2D eigenvalue weighted by molar-refractivity contribution is -0.121. The fourth-order valence-corrected chi connectivity index (χ4v) is 2.89. The molecule has 3 aromatic heterocycles. The topological polar surface area (TPSA) is 64.2 Å². The SMILES string of the molecule is CCC(NC(=O)Cc1c(C)nc2ccccn12)c1ccnn1C. The second-order valence-corrected chi connectivity index (χ2v) is 5.66. The summed E-state index contributed by atoms with van der Waals surface area (Å²) in [5, 5.41) is 7.27. The molecule has 0 fully saturated rings. The van der Waals surface area contributed by atoms with Crippen molar-refractivity contribution in [2.45, 2.75) is 32.7 Å². The highest BCUT2D eigenvalue weighted by molar-refractivity contribution is 5.79. The minimum atomic E-state index is -0.0329. The van der Waals surface area contributed by atoms with Crippen LogP contribution in [-0.2, 0) is 18.3 Å². The molecule has 1 atom stereocenters. The van der Waals surface area contributed by atoms with Crippen LogP contribution in [0.2, 0.25) is 0 Å². The quantitative estimate of drug-likeness (QED) is 0.785. The second kappa shape index (κ2) is 6.24. The molecule has 3 aromatic rings. The third kappa shape index (κ3) is 2.97. The van der Waals surface area contributed by atoms with E-state index < -0.39 is 0 Å². The Bertz CT molecular complexity index is 832. The number of nitrogens with zero attached hydrogens (tertiary/aromatic N) is 4. The van der Waals surface area contributed by atoms with Gasteiger partial charge in [0.1, 0.15) is 5.65 Å². The number of amides is 1. The van der Waals surface area contributed by atoms with Gasteiger partial charge in [-0.05, 0) is 31.5 Å². The number of hydrogen-bond acceptors (Lipinski definition) is 3. The van der Waals surface area contributed by atoms with Crippen LogP contribution in [-0.4, -0.2) is 25.1 Å². The average molecular weight is 311 g/mol. The molecule has 0 aromatic carbocycles. The van der Waals surface area contributed by atoms with E-state index in [1.54, 1.807) is 10.9 Å². The molecule has 6 heteroatoms. The van der Waals surface area contributed by atoms with Gasteiger partial charge in [-0.3, -0.25) is 9.48 Å². The summed E-state index contributed by atoms with van der Waals surface area (Å²) in [6.07, 6.45) is 4.82. The van der Waals surface area contributed by atoms with E-state index in [4.69, 9.17) is 0 Å². The Balaban J connectivity index is 1.78. The highest BCUT2D eigenvalue weighted by atomic mass is 16.1. The summed E-state index contributed by atoms with van der Waals surface area (Å²) in [7, 11) is 1.89. The van der Waals surface area contributed by atoms with Crippen molar-refractivity contribution in [3.63, 3.8) is 0 Å². The molecule has 0 radical (unpaired) electrons. The highest BCUT2D eigenvalue weighted by Crippen LogP contribution is 2.17. The maximum absolute atomic E-state index is 12.5. The number of aromatic nitrogens is 4. The Morgan fingerprint density at radius 3 is 2.87 bits per heavy atom. The molecular weight excluding hydrogens is 290 g/mol. The minimum absolute atomic E-state index is 0.00759. The van der Waals surface area contributed by atoms with Gasteiger partial charge in [0, 0.05) is 19.4 Å². The Kier molecular flexibility index (Phi) is 4.14. The molecule has 0 aliphatic rings. The van der Waals surface area contributed by atoms with Gasteiger partial charge in [0.25, 0.3) is 0 Å². The summed E-state index contributed by atoms with van der Waals surface area (Å²) in [4.78, 5) is 17.0. The number of pyridine rings is 1. The maximum atomic E-state index is 12.5. The van der Waals surface area contributed by atoms with Crippen LogP contribution in [0.3, 0.4) is 0 Å². The average Bonchev–Trinajstić information content (AvgIpc) is 3.09. The summed E-state index contributed by atoms with van der Waals surface area (Å²) in [5.74, 6) is -0.00759. The predicted molar refractivity (Wildman–Crippen MR) is 88.0 cm³/mol. The van der Waals surface area contributed by atoms with Crippen LogP contribution in [0.15, 0.2) is 36.7 Å². The van der Waals surface area contributed by atoms with Crippen LogP contribution in [0.4, 0.5) is 0 Å². The number of carbonyl (C=O) groups is 1. The largest absolute Gasteiger partial charge is 0.347 e. The number of imidazole rings is 1. The Labute approximate surface area is 135 Å². The fourth-order valence-electron chi connectivity index (χ4n) is 2.89. The molecule has 1 amide bonds. The molecule has 3 rings (SSSR count). The number of nitrogens with one attached hydrogen (secondary N) is 1. The number of fused-ring (bicyclic) bond motifs is 1. The first-order valence-electron chi connectivity index (χ1n) is 7.80. The van der Waals surface area contributed by atoms with Crippen LogP contribution < -0.4 is 5.32 Å². The molecule has 120 valence electrons. The summed E-state index contributed by atoms with van der Waals surface area (Å²) in [5.41, 5.74) is 3.69. The second-order valence-electron chi connectivity index (χ2n) is 5.66. The molecule has 3 heterocycles. The van der Waals surface area contributed by atoms with Crippen LogP contribution in [0.5, 0.6) is 0 Å². The third-order valence-corrected chi connectivity index (χ3v) is 4.12. The van der Waals surface area contributed by atoms with E-state index >= 15 is 0 Å². The van der Waals surface area contributed by atoms with E-state index in [2.05, 4.69) is 22.3 Å². The molecule has 0 aliphatic heterocycles. The molecule has 1 N–H and O–H groups in total. The van der Waals surface area contributed by atoms with Crippen LogP contribution in [0.25, 0.3) is 5.65 Å². The van der Waals surface area contributed by atoms with E-state index in [1.807, 2.05) is 48.8 Å².